The molecule has 6 heteroatoms. The molecule has 0 aliphatic heterocycles. The van der Waals surface area contributed by atoms with Gasteiger partial charge in [0.15, 0.2) is 0 Å². The van der Waals surface area contributed by atoms with Gasteiger partial charge in [-0.1, -0.05) is 37.3 Å². The van der Waals surface area contributed by atoms with Crippen LogP contribution in [0.4, 0.5) is 0 Å². The van der Waals surface area contributed by atoms with Crippen LogP contribution in [0.2, 0.25) is 0 Å². The number of ether oxygens (including phenoxy) is 1. The molecule has 0 radical (unpaired) electrons. The first-order valence-corrected chi connectivity index (χ1v) is 8.68. The Labute approximate surface area is 146 Å². The number of carbonyl (C=O) groups is 2. The maximum Gasteiger partial charge on any atom is 0.279 e. The molecule has 0 aliphatic rings. The minimum atomic E-state index is -0.665. The molecule has 0 aliphatic carbocycles. The smallest absolute Gasteiger partial charge is 0.279 e. The van der Waals surface area contributed by atoms with Gasteiger partial charge in [0.05, 0.1) is 11.5 Å². The Kier molecular flexibility index (Phi) is 6.52. The summed E-state index contributed by atoms with van der Waals surface area (Å²) in [7, 11) is 0. The van der Waals surface area contributed by atoms with Crippen LogP contribution in [0.15, 0.2) is 36.4 Å². The van der Waals surface area contributed by atoms with Crippen LogP contribution in [0.3, 0.4) is 0 Å². The zero-order valence-corrected chi connectivity index (χ0v) is 14.9. The monoisotopic (exact) mass is 346 g/mol. The van der Waals surface area contributed by atoms with E-state index < -0.39 is 6.10 Å². The molecule has 0 fully saturated rings. The van der Waals surface area contributed by atoms with E-state index in [-0.39, 0.29) is 11.8 Å². The van der Waals surface area contributed by atoms with Crippen molar-refractivity contribution >= 4 is 23.2 Å². The summed E-state index contributed by atoms with van der Waals surface area (Å²) in [4.78, 5) is 25.8. The number of aryl methyl sites for hydroxylation is 2. The van der Waals surface area contributed by atoms with Gasteiger partial charge in [-0.05, 0) is 37.5 Å². The summed E-state index contributed by atoms with van der Waals surface area (Å²) in [5.74, 6) is -0.699. The topological polar surface area (TPSA) is 67.4 Å². The highest BCUT2D eigenvalue weighted by atomic mass is 32.1. The lowest BCUT2D eigenvalue weighted by atomic mass is 10.2. The zero-order valence-electron chi connectivity index (χ0n) is 14.1. The molecule has 0 bridgehead atoms. The van der Waals surface area contributed by atoms with Gasteiger partial charge >= 0.3 is 0 Å². The number of hydrogen-bond donors (Lipinski definition) is 2. The molecule has 0 saturated heterocycles. The Balaban J connectivity index is 1.80. The van der Waals surface area contributed by atoms with Gasteiger partial charge in [0.25, 0.3) is 11.8 Å². The van der Waals surface area contributed by atoms with Crippen molar-refractivity contribution in [2.45, 2.75) is 39.9 Å². The zero-order chi connectivity index (χ0) is 17.5. The first kappa shape index (κ1) is 18.2. The highest BCUT2D eigenvalue weighted by Gasteiger charge is 2.16. The Morgan fingerprint density at radius 3 is 2.54 bits per heavy atom. The van der Waals surface area contributed by atoms with E-state index in [0.29, 0.717) is 11.5 Å². The van der Waals surface area contributed by atoms with Crippen molar-refractivity contribution in [3.8, 4) is 0 Å². The van der Waals surface area contributed by atoms with Gasteiger partial charge in [0.1, 0.15) is 6.10 Å². The third-order valence-corrected chi connectivity index (χ3v) is 4.96. The van der Waals surface area contributed by atoms with Crippen molar-refractivity contribution in [2.24, 2.45) is 0 Å². The lowest BCUT2D eigenvalue weighted by molar-refractivity contribution is -0.133. The average Bonchev–Trinajstić information content (AvgIpc) is 2.99. The summed E-state index contributed by atoms with van der Waals surface area (Å²) in [6.45, 7) is 6.01. The molecule has 0 saturated carbocycles. The lowest BCUT2D eigenvalue weighted by Crippen LogP contribution is -2.46. The summed E-state index contributed by atoms with van der Waals surface area (Å²) >= 11 is 1.44. The second-order valence-electron chi connectivity index (χ2n) is 5.45. The van der Waals surface area contributed by atoms with E-state index in [9.17, 15) is 9.59 Å². The Morgan fingerprint density at radius 1 is 1.21 bits per heavy atom. The number of benzene rings is 1. The van der Waals surface area contributed by atoms with Crippen molar-refractivity contribution in [3.05, 3.63) is 57.3 Å². The number of rotatable bonds is 6. The molecule has 24 heavy (non-hydrogen) atoms. The summed E-state index contributed by atoms with van der Waals surface area (Å²) < 4.78 is 5.51. The van der Waals surface area contributed by atoms with Gasteiger partial charge in [-0.2, -0.15) is 0 Å². The van der Waals surface area contributed by atoms with Crippen LogP contribution in [0.25, 0.3) is 0 Å². The van der Waals surface area contributed by atoms with E-state index in [1.54, 1.807) is 6.92 Å². The molecule has 2 amide bonds. The SMILES string of the molecule is CCc1sc(C(=O)NNC(=O)C(C)OCc2ccccc2)cc1C. The predicted molar refractivity (Wildman–Crippen MR) is 94.7 cm³/mol. The van der Waals surface area contributed by atoms with E-state index in [4.69, 9.17) is 4.74 Å². The van der Waals surface area contributed by atoms with E-state index >= 15 is 0 Å². The van der Waals surface area contributed by atoms with Gasteiger partial charge < -0.3 is 4.74 Å². The largest absolute Gasteiger partial charge is 0.364 e. The maximum absolute atomic E-state index is 12.1. The summed E-state index contributed by atoms with van der Waals surface area (Å²) in [6, 6.07) is 11.4. The van der Waals surface area contributed by atoms with Gasteiger partial charge in [0, 0.05) is 4.88 Å². The van der Waals surface area contributed by atoms with Crippen molar-refractivity contribution in [3.63, 3.8) is 0 Å². The third-order valence-electron chi connectivity index (χ3n) is 3.58. The average molecular weight is 346 g/mol. The molecule has 1 atom stereocenters. The van der Waals surface area contributed by atoms with Crippen molar-refractivity contribution in [1.29, 1.82) is 0 Å². The number of hydrogen-bond acceptors (Lipinski definition) is 4. The van der Waals surface area contributed by atoms with Gasteiger partial charge in [-0.25, -0.2) is 0 Å². The summed E-state index contributed by atoms with van der Waals surface area (Å²) in [6.07, 6.45) is 0.224. The molecular weight excluding hydrogens is 324 g/mol. The fourth-order valence-corrected chi connectivity index (χ4v) is 3.14. The van der Waals surface area contributed by atoms with Crippen LogP contribution in [0.1, 0.15) is 39.5 Å². The molecule has 5 nitrogen and oxygen atoms in total. The van der Waals surface area contributed by atoms with Gasteiger partial charge in [0.2, 0.25) is 0 Å². The molecule has 2 N–H and O–H groups in total. The fraction of sp³-hybridized carbons (Fsp3) is 0.333. The van der Waals surface area contributed by atoms with E-state index in [2.05, 4.69) is 10.9 Å². The van der Waals surface area contributed by atoms with Crippen LogP contribution in [0.5, 0.6) is 0 Å². The molecule has 2 aromatic rings. The normalized spacial score (nSPS) is 11.8. The number of thiophene rings is 1. The van der Waals surface area contributed by atoms with Gasteiger partial charge in [-0.15, -0.1) is 11.3 Å². The first-order valence-electron chi connectivity index (χ1n) is 7.86. The van der Waals surface area contributed by atoms with Crippen LogP contribution in [0, 0.1) is 6.92 Å². The summed E-state index contributed by atoms with van der Waals surface area (Å²) in [5.41, 5.74) is 6.93. The number of amides is 2. The van der Waals surface area contributed by atoms with E-state index in [0.717, 1.165) is 17.5 Å². The maximum atomic E-state index is 12.1. The Morgan fingerprint density at radius 2 is 1.92 bits per heavy atom. The van der Waals surface area contributed by atoms with Crippen LogP contribution < -0.4 is 10.9 Å². The van der Waals surface area contributed by atoms with Crippen molar-refractivity contribution in [1.82, 2.24) is 10.9 Å². The number of hydrazine groups is 1. The van der Waals surface area contributed by atoms with Crippen LogP contribution >= 0.6 is 11.3 Å². The molecule has 1 heterocycles. The predicted octanol–water partition coefficient (Wildman–Crippen LogP) is 2.99. The quantitative estimate of drug-likeness (QED) is 0.790. The molecule has 128 valence electrons. The molecule has 1 unspecified atom stereocenters. The van der Waals surface area contributed by atoms with Crippen molar-refractivity contribution in [2.75, 3.05) is 0 Å². The van der Waals surface area contributed by atoms with Crippen LogP contribution in [-0.4, -0.2) is 17.9 Å². The summed E-state index contributed by atoms with van der Waals surface area (Å²) in [5, 5.41) is 0. The molecular formula is C18H22N2O3S. The standard InChI is InChI=1S/C18H22N2O3S/c1-4-15-12(2)10-16(24-15)18(22)20-19-17(21)13(3)23-11-14-8-6-5-7-9-14/h5-10,13H,4,11H2,1-3H3,(H,19,21)(H,20,22). The van der Waals surface area contributed by atoms with Crippen LogP contribution in [-0.2, 0) is 22.6 Å². The number of nitrogens with one attached hydrogen (secondary N) is 2. The van der Waals surface area contributed by atoms with Gasteiger partial charge in [-0.3, -0.25) is 20.4 Å². The fourth-order valence-electron chi connectivity index (χ4n) is 2.14. The third kappa shape index (κ3) is 4.91. The molecule has 1 aromatic carbocycles. The molecule has 1 aromatic heterocycles. The number of carbonyl (C=O) groups excluding carboxylic acids is 2. The minimum absolute atomic E-state index is 0.314. The van der Waals surface area contributed by atoms with E-state index in [1.807, 2.05) is 50.2 Å². The van der Waals surface area contributed by atoms with Crippen molar-refractivity contribution < 1.29 is 14.3 Å². The highest BCUT2D eigenvalue weighted by molar-refractivity contribution is 7.14. The first-order chi connectivity index (χ1) is 11.5. The second kappa shape index (κ2) is 8.61. The minimum Gasteiger partial charge on any atom is -0.364 e. The highest BCUT2D eigenvalue weighted by Crippen LogP contribution is 2.21. The Hall–Kier alpha value is -2.18. The molecule has 2 rings (SSSR count). The Bertz CT molecular complexity index is 698. The second-order valence-corrected chi connectivity index (χ2v) is 6.59. The molecule has 0 spiro atoms. The lowest BCUT2D eigenvalue weighted by Gasteiger charge is -2.13. The van der Waals surface area contributed by atoms with E-state index in [1.165, 1.54) is 16.2 Å².